The fourth-order valence-electron chi connectivity index (χ4n) is 5.67. The Balaban J connectivity index is 1.76. The third-order valence-corrected chi connectivity index (χ3v) is 7.10. The lowest BCUT2D eigenvalue weighted by molar-refractivity contribution is -0.458. The van der Waals surface area contributed by atoms with Gasteiger partial charge in [-0.2, -0.15) is 21.1 Å². The number of benzene rings is 4. The molecule has 2 aliphatic heterocycles. The number of rotatable bonds is 4. The third kappa shape index (κ3) is 2.82. The molecule has 2 heterocycles. The molecule has 2 aliphatic rings. The van der Waals surface area contributed by atoms with Crippen LogP contribution in [0.2, 0.25) is 0 Å². The minimum atomic E-state index is -1.19. The molecular weight excluding hydrogens is 444 g/mol. The van der Waals surface area contributed by atoms with Gasteiger partial charge in [-0.25, -0.2) is 0 Å². The van der Waals surface area contributed by atoms with Gasteiger partial charge in [-0.15, -0.1) is 4.81 Å². The van der Waals surface area contributed by atoms with E-state index in [2.05, 4.69) is 12.1 Å². The first-order valence-electron chi connectivity index (χ1n) is 11.8. The molecule has 0 radical (unpaired) electrons. The van der Waals surface area contributed by atoms with Crippen LogP contribution in [0.4, 0.5) is 11.4 Å². The number of azo groups is 1. The van der Waals surface area contributed by atoms with Gasteiger partial charge < -0.3 is 4.90 Å². The summed E-state index contributed by atoms with van der Waals surface area (Å²) in [6, 6.07) is 43.3. The molecule has 172 valence electrons. The van der Waals surface area contributed by atoms with Gasteiger partial charge in [0.05, 0.1) is 18.1 Å². The van der Waals surface area contributed by atoms with E-state index < -0.39 is 23.2 Å². The number of hydrogen-bond acceptors (Lipinski definition) is 4. The maximum absolute atomic E-state index is 10.7. The normalized spacial score (nSPS) is 26.3. The van der Waals surface area contributed by atoms with Gasteiger partial charge >= 0.3 is 0 Å². The van der Waals surface area contributed by atoms with Crippen molar-refractivity contribution in [2.75, 3.05) is 4.90 Å². The van der Waals surface area contributed by atoms with Crippen molar-refractivity contribution < 1.29 is 4.81 Å². The smallest absolute Gasteiger partial charge is 0.225 e. The highest BCUT2D eigenvalue weighted by atomic mass is 15.7. The van der Waals surface area contributed by atoms with Crippen LogP contribution in [0, 0.1) is 28.6 Å². The zero-order chi connectivity index (χ0) is 24.6. The van der Waals surface area contributed by atoms with Crippen molar-refractivity contribution in [3.05, 3.63) is 138 Å². The van der Waals surface area contributed by atoms with Gasteiger partial charge in [0.15, 0.2) is 0 Å². The third-order valence-electron chi connectivity index (χ3n) is 7.10. The summed E-state index contributed by atoms with van der Waals surface area (Å²) >= 11 is 0. The average molecular weight is 467 g/mol. The molecule has 4 atom stereocenters. The van der Waals surface area contributed by atoms with Gasteiger partial charge in [-0.3, -0.25) is 0 Å². The summed E-state index contributed by atoms with van der Waals surface area (Å²) in [4.78, 5) is 3.64. The summed E-state index contributed by atoms with van der Waals surface area (Å²) in [5, 5.41) is 26.4. The number of nitrogens with zero attached hydrogens (tertiary/aromatic N) is 6. The lowest BCUT2D eigenvalue weighted by Crippen LogP contribution is -2.51. The second kappa shape index (κ2) is 8.37. The minimum Gasteiger partial charge on any atom is -0.339 e. The Morgan fingerprint density at radius 2 is 1.22 bits per heavy atom. The van der Waals surface area contributed by atoms with Crippen LogP contribution in [0.3, 0.4) is 0 Å². The van der Waals surface area contributed by atoms with E-state index in [9.17, 15) is 10.5 Å². The average Bonchev–Trinajstić information content (AvgIpc) is 3.43. The largest absolute Gasteiger partial charge is 0.339 e. The summed E-state index contributed by atoms with van der Waals surface area (Å²) in [5.74, 6) is -0.803. The van der Waals surface area contributed by atoms with Crippen molar-refractivity contribution in [3.8, 4) is 12.1 Å². The molecule has 0 aliphatic carbocycles. The number of hydrogen-bond donors (Lipinski definition) is 0. The molecule has 0 bridgehead atoms. The Morgan fingerprint density at radius 3 is 1.78 bits per heavy atom. The van der Waals surface area contributed by atoms with Crippen LogP contribution in [0.15, 0.2) is 126 Å². The molecule has 6 nitrogen and oxygen atoms in total. The molecule has 6 heteroatoms. The molecule has 6 rings (SSSR count). The second-order valence-electron chi connectivity index (χ2n) is 8.88. The maximum Gasteiger partial charge on any atom is 0.225 e. The molecular formula is C30H22N6. The van der Waals surface area contributed by atoms with E-state index >= 15 is 0 Å². The van der Waals surface area contributed by atoms with Crippen LogP contribution < -0.4 is 4.90 Å². The quantitative estimate of drug-likeness (QED) is 0.327. The van der Waals surface area contributed by atoms with Gasteiger partial charge in [0.25, 0.3) is 0 Å². The molecule has 0 spiro atoms. The van der Waals surface area contributed by atoms with E-state index in [1.54, 1.807) is 4.81 Å². The Labute approximate surface area is 210 Å². The molecule has 1 saturated heterocycles. The van der Waals surface area contributed by atoms with Gasteiger partial charge in [0, 0.05) is 17.8 Å². The summed E-state index contributed by atoms with van der Waals surface area (Å²) in [5.41, 5.74) is 6.23. The van der Waals surface area contributed by atoms with E-state index in [0.717, 1.165) is 22.5 Å². The van der Waals surface area contributed by atoms with Crippen molar-refractivity contribution in [3.63, 3.8) is 0 Å². The molecule has 4 aromatic carbocycles. The predicted molar refractivity (Wildman–Crippen MR) is 136 cm³/mol. The Hall–Kier alpha value is -4.94. The van der Waals surface area contributed by atoms with Crippen molar-refractivity contribution in [1.82, 2.24) is 0 Å². The van der Waals surface area contributed by atoms with Crippen molar-refractivity contribution in [2.45, 2.75) is 17.2 Å². The fraction of sp³-hybridized carbons (Fsp3) is 0.133. The van der Waals surface area contributed by atoms with Gasteiger partial charge in [0.2, 0.25) is 5.69 Å². The van der Waals surface area contributed by atoms with Crippen LogP contribution in [-0.2, 0) is 11.2 Å². The second-order valence-corrected chi connectivity index (χ2v) is 8.88. The summed E-state index contributed by atoms with van der Waals surface area (Å²) in [6.45, 7) is 0. The highest BCUT2D eigenvalue weighted by Crippen LogP contribution is 2.66. The van der Waals surface area contributed by atoms with Crippen LogP contribution in [0.5, 0.6) is 0 Å². The van der Waals surface area contributed by atoms with Gasteiger partial charge in [-0.05, 0) is 23.3 Å². The predicted octanol–water partition coefficient (Wildman–Crippen LogP) is 6.39. The molecule has 0 amide bonds. The van der Waals surface area contributed by atoms with Crippen molar-refractivity contribution >= 4 is 11.4 Å². The molecule has 0 N–H and O–H groups in total. The molecule has 0 aromatic heterocycles. The van der Waals surface area contributed by atoms with E-state index in [1.807, 2.05) is 126 Å². The lowest BCUT2D eigenvalue weighted by Gasteiger charge is -2.46. The SMILES string of the molecule is N#C[C@@H]1[C@@H](C#N)[C@]2(c3ccccc3)N=[N+](c3ccccc3)[N-][C@]2(c2ccccc2)N1c1ccccc1. The zero-order valence-corrected chi connectivity index (χ0v) is 19.4. The summed E-state index contributed by atoms with van der Waals surface area (Å²) < 4.78 is 0. The van der Waals surface area contributed by atoms with Crippen LogP contribution in [-0.4, -0.2) is 10.8 Å². The number of para-hydroxylation sites is 2. The van der Waals surface area contributed by atoms with Crippen LogP contribution >= 0.6 is 0 Å². The monoisotopic (exact) mass is 466 g/mol. The van der Waals surface area contributed by atoms with Crippen molar-refractivity contribution in [2.24, 2.45) is 11.0 Å². The first-order valence-corrected chi connectivity index (χ1v) is 11.8. The minimum absolute atomic E-state index is 0.788. The first-order chi connectivity index (χ1) is 17.8. The lowest BCUT2D eigenvalue weighted by atomic mass is 9.70. The van der Waals surface area contributed by atoms with Crippen LogP contribution in [0.25, 0.3) is 5.43 Å². The summed E-state index contributed by atoms with van der Waals surface area (Å²) in [6.07, 6.45) is 0. The standard InChI is InChI=1S/C30H22N6/c31-21-27-28(22-32)35(25-17-9-3-10-18-25)30(24-15-7-2-8-16-24)29(27,23-13-5-1-6-14-23)33-36(34-30)26-19-11-4-12-20-26/h1-20,27-28H/t27-,28-,29+,30-/m1/s1. The Kier molecular flexibility index (Phi) is 5.02. The number of anilines is 1. The Bertz CT molecular complexity index is 1490. The van der Waals surface area contributed by atoms with E-state index in [1.165, 1.54) is 0 Å². The van der Waals surface area contributed by atoms with E-state index in [4.69, 9.17) is 10.5 Å². The first kappa shape index (κ1) is 21.6. The summed E-state index contributed by atoms with van der Waals surface area (Å²) in [7, 11) is 0. The highest BCUT2D eigenvalue weighted by molar-refractivity contribution is 5.65. The molecule has 4 aromatic rings. The van der Waals surface area contributed by atoms with Crippen LogP contribution in [0.1, 0.15) is 11.1 Å². The highest BCUT2D eigenvalue weighted by Gasteiger charge is 2.72. The van der Waals surface area contributed by atoms with E-state index in [-0.39, 0.29) is 0 Å². The van der Waals surface area contributed by atoms with E-state index in [0.29, 0.717) is 0 Å². The number of nitriles is 2. The molecule has 0 saturated carbocycles. The topological polar surface area (TPSA) is 80.3 Å². The fourth-order valence-corrected chi connectivity index (χ4v) is 5.67. The van der Waals surface area contributed by atoms with Crippen molar-refractivity contribution in [1.29, 1.82) is 10.5 Å². The Morgan fingerprint density at radius 1 is 0.694 bits per heavy atom. The molecule has 36 heavy (non-hydrogen) atoms. The molecule has 0 unspecified atom stereocenters. The zero-order valence-electron chi connectivity index (χ0n) is 19.4. The van der Waals surface area contributed by atoms with Gasteiger partial charge in [-0.1, -0.05) is 97.1 Å². The maximum atomic E-state index is 10.7. The van der Waals surface area contributed by atoms with Gasteiger partial charge in [0.1, 0.15) is 17.2 Å². The number of fused-ring (bicyclic) bond motifs is 1. The molecule has 1 fully saturated rings.